The molecule has 4 nitrogen and oxygen atoms in total. The average Bonchev–Trinajstić information content (AvgIpc) is 3.01. The number of benzene rings is 1. The number of likely N-dealkylation sites (N-methyl/N-ethyl adjacent to an activating group) is 1. The molecule has 148 valence electrons. The first-order valence-electron chi connectivity index (χ1n) is 9.67. The summed E-state index contributed by atoms with van der Waals surface area (Å²) in [5.41, 5.74) is 1.32. The molecule has 0 N–H and O–H groups in total. The lowest BCUT2D eigenvalue weighted by Gasteiger charge is -2.35. The molecule has 1 aliphatic rings. The van der Waals surface area contributed by atoms with Crippen molar-refractivity contribution in [1.29, 1.82) is 0 Å². The highest BCUT2D eigenvalue weighted by Crippen LogP contribution is 2.36. The number of rotatable bonds is 5. The van der Waals surface area contributed by atoms with Gasteiger partial charge in [-0.3, -0.25) is 0 Å². The largest absolute Gasteiger partial charge is 0.353 e. The van der Waals surface area contributed by atoms with E-state index >= 15 is 0 Å². The smallest absolute Gasteiger partial charge is 0.142 e. The van der Waals surface area contributed by atoms with Crippen molar-refractivity contribution < 1.29 is 0 Å². The van der Waals surface area contributed by atoms with E-state index in [-0.39, 0.29) is 0 Å². The van der Waals surface area contributed by atoms with E-state index < -0.39 is 0 Å². The predicted molar refractivity (Wildman–Crippen MR) is 122 cm³/mol. The van der Waals surface area contributed by atoms with Crippen LogP contribution in [0, 0.1) is 13.8 Å². The molecule has 3 heterocycles. The SMILES string of the molecule is CCN1CCN(c2nc(CSc3ccc(Cl)cc3)nc3sc(C)c(C)c23)CC1. The van der Waals surface area contributed by atoms with Gasteiger partial charge in [-0.2, -0.15) is 0 Å². The molecule has 0 spiro atoms. The summed E-state index contributed by atoms with van der Waals surface area (Å²) >= 11 is 9.54. The van der Waals surface area contributed by atoms with Gasteiger partial charge in [0.15, 0.2) is 0 Å². The average molecular weight is 433 g/mol. The number of nitrogens with zero attached hydrogens (tertiary/aromatic N) is 4. The molecule has 1 fully saturated rings. The second kappa shape index (κ2) is 8.57. The number of aromatic nitrogens is 2. The molecule has 3 aromatic rings. The van der Waals surface area contributed by atoms with E-state index in [0.717, 1.165) is 60.0 Å². The van der Waals surface area contributed by atoms with Crippen molar-refractivity contribution in [2.24, 2.45) is 0 Å². The van der Waals surface area contributed by atoms with Crippen molar-refractivity contribution in [3.05, 3.63) is 45.6 Å². The summed E-state index contributed by atoms with van der Waals surface area (Å²) in [6, 6.07) is 7.96. The van der Waals surface area contributed by atoms with E-state index in [1.54, 1.807) is 23.1 Å². The Balaban J connectivity index is 1.63. The van der Waals surface area contributed by atoms with Gasteiger partial charge in [0, 0.05) is 41.0 Å². The molecule has 2 aromatic heterocycles. The Hall–Kier alpha value is -1.34. The minimum absolute atomic E-state index is 0.759. The van der Waals surface area contributed by atoms with Crippen molar-refractivity contribution in [3.8, 4) is 0 Å². The first kappa shape index (κ1) is 20.0. The Kier molecular flexibility index (Phi) is 6.11. The van der Waals surface area contributed by atoms with Gasteiger partial charge in [-0.1, -0.05) is 18.5 Å². The van der Waals surface area contributed by atoms with Crippen LogP contribution in [0.25, 0.3) is 10.2 Å². The van der Waals surface area contributed by atoms with Crippen molar-refractivity contribution >= 4 is 50.7 Å². The van der Waals surface area contributed by atoms with Crippen LogP contribution in [-0.4, -0.2) is 47.6 Å². The van der Waals surface area contributed by atoms with Crippen molar-refractivity contribution in [2.45, 2.75) is 31.4 Å². The van der Waals surface area contributed by atoms with E-state index in [2.05, 4.69) is 42.7 Å². The van der Waals surface area contributed by atoms with Crippen molar-refractivity contribution in [1.82, 2.24) is 14.9 Å². The molecule has 0 radical (unpaired) electrons. The fourth-order valence-electron chi connectivity index (χ4n) is 3.52. The molecule has 7 heteroatoms. The Labute approximate surface area is 179 Å². The lowest BCUT2D eigenvalue weighted by Crippen LogP contribution is -2.46. The number of fused-ring (bicyclic) bond motifs is 1. The summed E-state index contributed by atoms with van der Waals surface area (Å²) in [7, 11) is 0. The lowest BCUT2D eigenvalue weighted by atomic mass is 10.2. The van der Waals surface area contributed by atoms with Gasteiger partial charge in [0.2, 0.25) is 0 Å². The highest BCUT2D eigenvalue weighted by molar-refractivity contribution is 7.98. The first-order valence-corrected chi connectivity index (χ1v) is 11.9. The molecule has 0 amide bonds. The van der Waals surface area contributed by atoms with Crippen LogP contribution < -0.4 is 4.90 Å². The van der Waals surface area contributed by atoms with E-state index in [9.17, 15) is 0 Å². The summed E-state index contributed by atoms with van der Waals surface area (Å²) in [5, 5.41) is 2.01. The van der Waals surface area contributed by atoms with Crippen molar-refractivity contribution in [3.63, 3.8) is 0 Å². The highest BCUT2D eigenvalue weighted by Gasteiger charge is 2.22. The minimum Gasteiger partial charge on any atom is -0.353 e. The van der Waals surface area contributed by atoms with Gasteiger partial charge in [-0.25, -0.2) is 9.97 Å². The van der Waals surface area contributed by atoms with Gasteiger partial charge in [-0.05, 0) is 50.2 Å². The Morgan fingerprint density at radius 1 is 1.07 bits per heavy atom. The molecule has 0 unspecified atom stereocenters. The fourth-order valence-corrected chi connectivity index (χ4v) is 5.44. The number of hydrogen-bond donors (Lipinski definition) is 0. The molecule has 28 heavy (non-hydrogen) atoms. The van der Waals surface area contributed by atoms with Gasteiger partial charge in [-0.15, -0.1) is 23.1 Å². The number of aryl methyl sites for hydroxylation is 2. The van der Waals surface area contributed by atoms with Gasteiger partial charge < -0.3 is 9.80 Å². The highest BCUT2D eigenvalue weighted by atomic mass is 35.5. The number of anilines is 1. The van der Waals surface area contributed by atoms with E-state index in [1.165, 1.54) is 20.7 Å². The fraction of sp³-hybridized carbons (Fsp3) is 0.429. The normalized spacial score (nSPS) is 15.5. The zero-order valence-electron chi connectivity index (χ0n) is 16.5. The minimum atomic E-state index is 0.759. The van der Waals surface area contributed by atoms with Crippen LogP contribution >= 0.6 is 34.7 Å². The number of hydrogen-bond acceptors (Lipinski definition) is 6. The maximum atomic E-state index is 6.00. The topological polar surface area (TPSA) is 32.3 Å². The van der Waals surface area contributed by atoms with Crippen LogP contribution in [0.5, 0.6) is 0 Å². The summed E-state index contributed by atoms with van der Waals surface area (Å²) in [4.78, 5) is 18.5. The van der Waals surface area contributed by atoms with E-state index in [0.29, 0.717) is 0 Å². The van der Waals surface area contributed by atoms with E-state index in [4.69, 9.17) is 21.6 Å². The Morgan fingerprint density at radius 2 is 1.79 bits per heavy atom. The number of piperazine rings is 1. The molecule has 4 rings (SSSR count). The molecule has 0 atom stereocenters. The maximum Gasteiger partial charge on any atom is 0.142 e. The van der Waals surface area contributed by atoms with Crippen molar-refractivity contribution in [2.75, 3.05) is 37.6 Å². The summed E-state index contributed by atoms with van der Waals surface area (Å²) in [6.45, 7) is 12.0. The molecule has 1 aromatic carbocycles. The number of thiophene rings is 1. The van der Waals surface area contributed by atoms with Gasteiger partial charge in [0.1, 0.15) is 16.5 Å². The van der Waals surface area contributed by atoms with Crippen LogP contribution in [-0.2, 0) is 5.75 Å². The molecule has 0 bridgehead atoms. The Morgan fingerprint density at radius 3 is 2.46 bits per heavy atom. The van der Waals surface area contributed by atoms with Crippen LogP contribution in [0.4, 0.5) is 5.82 Å². The third-order valence-corrected chi connectivity index (χ3v) is 7.72. The zero-order chi connectivity index (χ0) is 19.7. The number of halogens is 1. The summed E-state index contributed by atoms with van der Waals surface area (Å²) in [5.74, 6) is 2.78. The molecule has 1 aliphatic heterocycles. The standard InChI is InChI=1S/C21H25ClN4S2/c1-4-25-9-11-26(12-10-25)20-19-14(2)15(3)28-21(19)24-18(23-20)13-27-17-7-5-16(22)6-8-17/h5-8H,4,9-13H2,1-3H3. The van der Waals surface area contributed by atoms with Crippen LogP contribution in [0.2, 0.25) is 5.02 Å². The molecular weight excluding hydrogens is 408 g/mol. The zero-order valence-corrected chi connectivity index (χ0v) is 18.9. The third kappa shape index (κ3) is 4.15. The quantitative estimate of drug-likeness (QED) is 0.504. The van der Waals surface area contributed by atoms with Gasteiger partial charge in [0.25, 0.3) is 0 Å². The van der Waals surface area contributed by atoms with Gasteiger partial charge in [0.05, 0.1) is 11.1 Å². The molecular formula is C21H25ClN4S2. The summed E-state index contributed by atoms with van der Waals surface area (Å²) in [6.07, 6.45) is 0. The molecule has 1 saturated heterocycles. The molecule has 0 aliphatic carbocycles. The number of thioether (sulfide) groups is 1. The predicted octanol–water partition coefficient (Wildman–Crippen LogP) is 5.40. The lowest BCUT2D eigenvalue weighted by molar-refractivity contribution is 0.270. The monoisotopic (exact) mass is 432 g/mol. The molecule has 0 saturated carbocycles. The maximum absolute atomic E-state index is 6.00. The summed E-state index contributed by atoms with van der Waals surface area (Å²) < 4.78 is 0. The third-order valence-electron chi connectivity index (χ3n) is 5.36. The second-order valence-corrected chi connectivity index (χ2v) is 9.78. The van der Waals surface area contributed by atoms with E-state index in [1.807, 2.05) is 12.1 Å². The van der Waals surface area contributed by atoms with Gasteiger partial charge >= 0.3 is 0 Å². The van der Waals surface area contributed by atoms with Crippen LogP contribution in [0.3, 0.4) is 0 Å². The second-order valence-electron chi connectivity index (χ2n) is 7.09. The first-order chi connectivity index (χ1) is 13.5. The Bertz CT molecular complexity index is 963. The van der Waals surface area contributed by atoms with Crippen LogP contribution in [0.1, 0.15) is 23.2 Å². The van der Waals surface area contributed by atoms with Crippen LogP contribution in [0.15, 0.2) is 29.2 Å².